The van der Waals surface area contributed by atoms with E-state index < -0.39 is 0 Å². The number of likely N-dealkylation sites (tertiary alicyclic amines) is 1. The summed E-state index contributed by atoms with van der Waals surface area (Å²) < 4.78 is 0. The van der Waals surface area contributed by atoms with Gasteiger partial charge in [-0.1, -0.05) is 20.4 Å². The third kappa shape index (κ3) is 2.01. The van der Waals surface area contributed by atoms with Crippen LogP contribution in [-0.4, -0.2) is 31.1 Å². The summed E-state index contributed by atoms with van der Waals surface area (Å²) in [6.45, 7) is 10.8. The molecule has 1 saturated heterocycles. The average Bonchev–Trinajstić information content (AvgIpc) is 2.50. The second-order valence-electron chi connectivity index (χ2n) is 3.87. The molecule has 0 amide bonds. The quantitative estimate of drug-likeness (QED) is 0.686. The van der Waals surface area contributed by atoms with Crippen LogP contribution in [0.5, 0.6) is 0 Å². The van der Waals surface area contributed by atoms with Crippen LogP contribution in [0.25, 0.3) is 0 Å². The highest BCUT2D eigenvalue weighted by molar-refractivity contribution is 5.01. The molecular weight excluding hydrogens is 148 g/mol. The number of nitrogens with zero attached hydrogens (tertiary/aromatic N) is 1. The molecule has 0 radical (unpaired) electrons. The highest BCUT2D eigenvalue weighted by Gasteiger charge is 2.22. The van der Waals surface area contributed by atoms with Crippen LogP contribution in [0.3, 0.4) is 0 Å². The summed E-state index contributed by atoms with van der Waals surface area (Å²) in [5.41, 5.74) is 1.28. The minimum absolute atomic E-state index is 0.584. The Morgan fingerprint density at radius 3 is 2.67 bits per heavy atom. The van der Waals surface area contributed by atoms with Crippen molar-refractivity contribution < 1.29 is 0 Å². The van der Waals surface area contributed by atoms with E-state index in [1.165, 1.54) is 18.7 Å². The molecule has 0 aromatic rings. The van der Waals surface area contributed by atoms with E-state index in [0.717, 1.165) is 6.54 Å². The van der Waals surface area contributed by atoms with Gasteiger partial charge in [0.15, 0.2) is 0 Å². The van der Waals surface area contributed by atoms with Crippen LogP contribution in [0.15, 0.2) is 12.3 Å². The van der Waals surface area contributed by atoms with Crippen LogP contribution in [-0.2, 0) is 0 Å². The van der Waals surface area contributed by atoms with E-state index in [1.54, 1.807) is 0 Å². The maximum Gasteiger partial charge on any atom is 0.0329 e. The Bertz CT molecular complexity index is 163. The lowest BCUT2D eigenvalue weighted by molar-refractivity contribution is 0.372. The fourth-order valence-electron chi connectivity index (χ4n) is 1.62. The van der Waals surface area contributed by atoms with Crippen molar-refractivity contribution in [3.05, 3.63) is 12.3 Å². The molecule has 1 aliphatic rings. The predicted octanol–water partition coefficient (Wildman–Crippen LogP) is 1.45. The van der Waals surface area contributed by atoms with Gasteiger partial charge in [-0.2, -0.15) is 0 Å². The van der Waals surface area contributed by atoms with Crippen molar-refractivity contribution >= 4 is 0 Å². The largest absolute Gasteiger partial charge is 0.373 e. The summed E-state index contributed by atoms with van der Waals surface area (Å²) in [6.07, 6.45) is 1.25. The van der Waals surface area contributed by atoms with Crippen molar-refractivity contribution in [1.82, 2.24) is 10.2 Å². The van der Waals surface area contributed by atoms with Crippen LogP contribution < -0.4 is 5.32 Å². The van der Waals surface area contributed by atoms with Crippen molar-refractivity contribution in [2.75, 3.05) is 20.1 Å². The molecule has 0 aliphatic carbocycles. The van der Waals surface area contributed by atoms with Gasteiger partial charge in [-0.3, -0.25) is 0 Å². The van der Waals surface area contributed by atoms with Gasteiger partial charge in [-0.25, -0.2) is 0 Å². The standard InChI is InChI=1S/C10H20N2/c1-8(2)9(3)12-6-5-10(7-12)11-4/h8,10-11H,3,5-7H2,1-2,4H3. The molecule has 0 spiro atoms. The van der Waals surface area contributed by atoms with E-state index in [0.29, 0.717) is 12.0 Å². The highest BCUT2D eigenvalue weighted by atomic mass is 15.2. The van der Waals surface area contributed by atoms with Crippen LogP contribution in [0.1, 0.15) is 20.3 Å². The minimum atomic E-state index is 0.584. The summed E-state index contributed by atoms with van der Waals surface area (Å²) in [4.78, 5) is 2.39. The molecule has 0 aromatic heterocycles. The molecule has 1 rings (SSSR count). The third-order valence-electron chi connectivity index (χ3n) is 2.67. The number of rotatable bonds is 3. The number of allylic oxidation sites excluding steroid dienone is 1. The first-order chi connectivity index (χ1) is 5.65. The zero-order valence-electron chi connectivity index (χ0n) is 8.43. The molecule has 12 heavy (non-hydrogen) atoms. The van der Waals surface area contributed by atoms with E-state index in [2.05, 4.69) is 30.6 Å². The number of likely N-dealkylation sites (N-methyl/N-ethyl adjacent to an activating group) is 1. The first-order valence-electron chi connectivity index (χ1n) is 4.76. The fourth-order valence-corrected chi connectivity index (χ4v) is 1.62. The lowest BCUT2D eigenvalue weighted by Crippen LogP contribution is -2.30. The summed E-state index contributed by atoms with van der Waals surface area (Å²) in [7, 11) is 2.03. The molecule has 1 N–H and O–H groups in total. The van der Waals surface area contributed by atoms with E-state index >= 15 is 0 Å². The second-order valence-corrected chi connectivity index (χ2v) is 3.87. The molecule has 1 aliphatic heterocycles. The van der Waals surface area contributed by atoms with Crippen LogP contribution >= 0.6 is 0 Å². The van der Waals surface area contributed by atoms with E-state index in [-0.39, 0.29) is 0 Å². The Balaban J connectivity index is 2.41. The van der Waals surface area contributed by atoms with Crippen LogP contribution in [0.4, 0.5) is 0 Å². The first-order valence-corrected chi connectivity index (χ1v) is 4.76. The Hall–Kier alpha value is -0.500. The van der Waals surface area contributed by atoms with Crippen molar-refractivity contribution in [2.45, 2.75) is 26.3 Å². The maximum absolute atomic E-state index is 4.10. The summed E-state index contributed by atoms with van der Waals surface area (Å²) in [5.74, 6) is 0.584. The van der Waals surface area contributed by atoms with Crippen molar-refractivity contribution in [1.29, 1.82) is 0 Å². The molecule has 0 aromatic carbocycles. The zero-order chi connectivity index (χ0) is 9.14. The Labute approximate surface area is 75.6 Å². The monoisotopic (exact) mass is 168 g/mol. The number of nitrogens with one attached hydrogen (secondary N) is 1. The van der Waals surface area contributed by atoms with Crippen molar-refractivity contribution in [3.63, 3.8) is 0 Å². The van der Waals surface area contributed by atoms with Gasteiger partial charge in [-0.05, 0) is 19.4 Å². The molecule has 0 bridgehead atoms. The Morgan fingerprint density at radius 1 is 1.58 bits per heavy atom. The van der Waals surface area contributed by atoms with Gasteiger partial charge in [0.25, 0.3) is 0 Å². The predicted molar refractivity (Wildman–Crippen MR) is 53.0 cm³/mol. The van der Waals surface area contributed by atoms with Gasteiger partial charge in [-0.15, -0.1) is 0 Å². The van der Waals surface area contributed by atoms with E-state index in [4.69, 9.17) is 0 Å². The molecular formula is C10H20N2. The SMILES string of the molecule is C=C(C(C)C)N1CCC(NC)C1. The minimum Gasteiger partial charge on any atom is -0.373 e. The van der Waals surface area contributed by atoms with Gasteiger partial charge >= 0.3 is 0 Å². The van der Waals surface area contributed by atoms with Gasteiger partial charge in [0.2, 0.25) is 0 Å². The van der Waals surface area contributed by atoms with Gasteiger partial charge < -0.3 is 10.2 Å². The summed E-state index contributed by atoms with van der Waals surface area (Å²) in [6, 6.07) is 0.667. The van der Waals surface area contributed by atoms with Crippen LogP contribution in [0, 0.1) is 5.92 Å². The number of hydrogen-bond donors (Lipinski definition) is 1. The molecule has 1 unspecified atom stereocenters. The molecule has 2 heteroatoms. The third-order valence-corrected chi connectivity index (χ3v) is 2.67. The molecule has 1 fully saturated rings. The van der Waals surface area contributed by atoms with Gasteiger partial charge in [0, 0.05) is 24.8 Å². The van der Waals surface area contributed by atoms with Crippen LogP contribution in [0.2, 0.25) is 0 Å². The lowest BCUT2D eigenvalue weighted by Gasteiger charge is -2.23. The summed E-state index contributed by atoms with van der Waals surface area (Å²) >= 11 is 0. The molecule has 70 valence electrons. The Morgan fingerprint density at radius 2 is 2.25 bits per heavy atom. The molecule has 1 heterocycles. The fraction of sp³-hybridized carbons (Fsp3) is 0.800. The zero-order valence-corrected chi connectivity index (χ0v) is 8.43. The van der Waals surface area contributed by atoms with E-state index in [9.17, 15) is 0 Å². The summed E-state index contributed by atoms with van der Waals surface area (Å²) in [5, 5.41) is 3.30. The van der Waals surface area contributed by atoms with Crippen molar-refractivity contribution in [3.8, 4) is 0 Å². The normalized spacial score (nSPS) is 23.7. The number of hydrogen-bond acceptors (Lipinski definition) is 2. The Kier molecular flexibility index (Phi) is 3.15. The lowest BCUT2D eigenvalue weighted by atomic mass is 10.1. The van der Waals surface area contributed by atoms with Crippen molar-refractivity contribution in [2.24, 2.45) is 5.92 Å². The molecule has 2 nitrogen and oxygen atoms in total. The molecule has 1 atom stereocenters. The molecule has 0 saturated carbocycles. The second kappa shape index (κ2) is 3.94. The first kappa shape index (κ1) is 9.59. The van der Waals surface area contributed by atoms with Gasteiger partial charge in [0.05, 0.1) is 0 Å². The van der Waals surface area contributed by atoms with E-state index in [1.807, 2.05) is 7.05 Å². The highest BCUT2D eigenvalue weighted by Crippen LogP contribution is 2.19. The average molecular weight is 168 g/mol. The topological polar surface area (TPSA) is 15.3 Å². The smallest absolute Gasteiger partial charge is 0.0329 e. The maximum atomic E-state index is 4.10. The van der Waals surface area contributed by atoms with Gasteiger partial charge in [0.1, 0.15) is 0 Å².